The summed E-state index contributed by atoms with van der Waals surface area (Å²) in [5.74, 6) is -0.901. The molecule has 0 nitrogen and oxygen atoms in total. The Morgan fingerprint density at radius 3 is 2.53 bits per heavy atom. The van der Waals surface area contributed by atoms with Crippen LogP contribution in [0.1, 0.15) is 36.3 Å². The van der Waals surface area contributed by atoms with E-state index < -0.39 is 11.6 Å². The van der Waals surface area contributed by atoms with Gasteiger partial charge < -0.3 is 0 Å². The second-order valence-corrected chi connectivity index (χ2v) is 4.74. The van der Waals surface area contributed by atoms with E-state index in [1.807, 2.05) is 0 Å². The van der Waals surface area contributed by atoms with E-state index in [0.29, 0.717) is 11.1 Å². The zero-order valence-corrected chi connectivity index (χ0v) is 9.32. The van der Waals surface area contributed by atoms with Gasteiger partial charge in [0.1, 0.15) is 11.6 Å². The van der Waals surface area contributed by atoms with Gasteiger partial charge in [0.2, 0.25) is 0 Å². The van der Waals surface area contributed by atoms with Crippen molar-refractivity contribution in [1.29, 1.82) is 0 Å². The molecule has 0 aliphatic heterocycles. The minimum atomic E-state index is -0.486. The van der Waals surface area contributed by atoms with Crippen LogP contribution in [0.4, 0.5) is 8.78 Å². The van der Waals surface area contributed by atoms with Crippen LogP contribution in [0.15, 0.2) is 12.1 Å². The molecule has 1 aliphatic carbocycles. The summed E-state index contributed by atoms with van der Waals surface area (Å²) < 4.78 is 26.6. The van der Waals surface area contributed by atoms with E-state index in [1.165, 1.54) is 0 Å². The maximum atomic E-state index is 13.6. The van der Waals surface area contributed by atoms with Crippen LogP contribution >= 0.6 is 11.6 Å². The van der Waals surface area contributed by atoms with E-state index in [2.05, 4.69) is 0 Å². The van der Waals surface area contributed by atoms with Gasteiger partial charge in [0, 0.05) is 17.4 Å². The SMILES string of the molecule is Cc1cc(C2CCCC2Cl)c(F)cc1F. The highest BCUT2D eigenvalue weighted by atomic mass is 35.5. The maximum Gasteiger partial charge on any atom is 0.129 e. The highest BCUT2D eigenvalue weighted by Crippen LogP contribution is 2.39. The molecule has 2 atom stereocenters. The Morgan fingerprint density at radius 2 is 1.93 bits per heavy atom. The molecule has 1 aliphatic rings. The van der Waals surface area contributed by atoms with Crippen LogP contribution in [0, 0.1) is 18.6 Å². The summed E-state index contributed by atoms with van der Waals surface area (Å²) in [6.45, 7) is 1.65. The largest absolute Gasteiger partial charge is 0.207 e. The number of benzene rings is 1. The van der Waals surface area contributed by atoms with Crippen molar-refractivity contribution in [2.24, 2.45) is 0 Å². The molecule has 15 heavy (non-hydrogen) atoms. The number of aryl methyl sites for hydroxylation is 1. The van der Waals surface area contributed by atoms with Crippen LogP contribution in [0.25, 0.3) is 0 Å². The van der Waals surface area contributed by atoms with E-state index >= 15 is 0 Å². The Kier molecular flexibility index (Phi) is 2.96. The van der Waals surface area contributed by atoms with Crippen molar-refractivity contribution in [2.75, 3.05) is 0 Å². The molecule has 0 saturated heterocycles. The van der Waals surface area contributed by atoms with Crippen molar-refractivity contribution in [2.45, 2.75) is 37.5 Å². The second-order valence-electron chi connectivity index (χ2n) is 4.18. The first-order valence-electron chi connectivity index (χ1n) is 5.19. The van der Waals surface area contributed by atoms with Crippen LogP contribution in [-0.4, -0.2) is 5.38 Å². The van der Waals surface area contributed by atoms with Crippen molar-refractivity contribution in [1.82, 2.24) is 0 Å². The van der Waals surface area contributed by atoms with E-state index in [-0.39, 0.29) is 11.3 Å². The third-order valence-corrected chi connectivity index (χ3v) is 3.63. The molecule has 1 aromatic rings. The molecule has 3 heteroatoms. The monoisotopic (exact) mass is 230 g/mol. The average molecular weight is 231 g/mol. The summed E-state index contributed by atoms with van der Waals surface area (Å²) in [6.07, 6.45) is 2.84. The highest BCUT2D eigenvalue weighted by Gasteiger charge is 2.29. The van der Waals surface area contributed by atoms with Crippen molar-refractivity contribution >= 4 is 11.6 Å². The molecule has 1 fully saturated rings. The fourth-order valence-corrected chi connectivity index (χ4v) is 2.64. The molecule has 2 unspecified atom stereocenters. The van der Waals surface area contributed by atoms with Crippen LogP contribution in [-0.2, 0) is 0 Å². The zero-order chi connectivity index (χ0) is 11.0. The Morgan fingerprint density at radius 1 is 1.20 bits per heavy atom. The Labute approximate surface area is 93.2 Å². The van der Waals surface area contributed by atoms with Crippen molar-refractivity contribution in [3.63, 3.8) is 0 Å². The Hall–Kier alpha value is -0.630. The maximum absolute atomic E-state index is 13.6. The highest BCUT2D eigenvalue weighted by molar-refractivity contribution is 6.21. The van der Waals surface area contributed by atoms with Gasteiger partial charge in [0.15, 0.2) is 0 Å². The summed E-state index contributed by atoms with van der Waals surface area (Å²) in [4.78, 5) is 0. The summed E-state index contributed by atoms with van der Waals surface area (Å²) in [7, 11) is 0. The van der Waals surface area contributed by atoms with E-state index in [9.17, 15) is 8.78 Å². The average Bonchev–Trinajstić information content (AvgIpc) is 2.58. The van der Waals surface area contributed by atoms with E-state index in [1.54, 1.807) is 13.0 Å². The number of halogens is 3. The van der Waals surface area contributed by atoms with Crippen LogP contribution in [0.2, 0.25) is 0 Å². The molecule has 0 bridgehead atoms. The van der Waals surface area contributed by atoms with Crippen molar-refractivity contribution in [3.05, 3.63) is 34.9 Å². The van der Waals surface area contributed by atoms with Crippen LogP contribution in [0.3, 0.4) is 0 Å². The van der Waals surface area contributed by atoms with Gasteiger partial charge in [-0.3, -0.25) is 0 Å². The predicted octanol–water partition coefficient (Wildman–Crippen LogP) is 4.15. The lowest BCUT2D eigenvalue weighted by molar-refractivity contribution is 0.550. The summed E-state index contributed by atoms with van der Waals surface area (Å²) in [6, 6.07) is 2.56. The first-order chi connectivity index (χ1) is 7.09. The molecule has 0 heterocycles. The Balaban J connectivity index is 2.39. The number of hydrogen-bond donors (Lipinski definition) is 0. The molecule has 0 amide bonds. The van der Waals surface area contributed by atoms with Gasteiger partial charge in [-0.2, -0.15) is 0 Å². The van der Waals surface area contributed by atoms with Gasteiger partial charge >= 0.3 is 0 Å². The number of alkyl halides is 1. The minimum absolute atomic E-state index is 0.00985. The van der Waals surface area contributed by atoms with E-state index in [4.69, 9.17) is 11.6 Å². The first kappa shape index (κ1) is 10.9. The molecule has 2 rings (SSSR count). The number of rotatable bonds is 1. The Bertz CT molecular complexity index is 376. The second kappa shape index (κ2) is 4.09. The summed E-state index contributed by atoms with van der Waals surface area (Å²) in [5.41, 5.74) is 1.06. The summed E-state index contributed by atoms with van der Waals surface area (Å²) >= 11 is 6.12. The third-order valence-electron chi connectivity index (χ3n) is 3.11. The molecule has 0 N–H and O–H groups in total. The molecule has 1 aromatic carbocycles. The zero-order valence-electron chi connectivity index (χ0n) is 8.56. The van der Waals surface area contributed by atoms with Crippen molar-refractivity contribution < 1.29 is 8.78 Å². The van der Waals surface area contributed by atoms with Gasteiger partial charge in [-0.15, -0.1) is 11.6 Å². The van der Waals surface area contributed by atoms with Crippen LogP contribution in [0.5, 0.6) is 0 Å². The predicted molar refractivity (Wildman–Crippen MR) is 57.3 cm³/mol. The van der Waals surface area contributed by atoms with Gasteiger partial charge in [-0.05, 0) is 37.0 Å². The summed E-state index contributed by atoms with van der Waals surface area (Å²) in [5, 5.41) is -0.00985. The minimum Gasteiger partial charge on any atom is -0.207 e. The fourth-order valence-electron chi connectivity index (χ4n) is 2.23. The lowest BCUT2D eigenvalue weighted by Crippen LogP contribution is -2.08. The molecular formula is C12H13ClF2. The molecule has 0 aromatic heterocycles. The number of hydrogen-bond acceptors (Lipinski definition) is 0. The van der Waals surface area contributed by atoms with E-state index in [0.717, 1.165) is 25.3 Å². The van der Waals surface area contributed by atoms with Gasteiger partial charge in [-0.25, -0.2) is 8.78 Å². The standard InChI is InChI=1S/C12H13ClF2/c1-7-5-9(12(15)6-11(7)14)8-3-2-4-10(8)13/h5-6,8,10H,2-4H2,1H3. The van der Waals surface area contributed by atoms with Gasteiger partial charge in [0.05, 0.1) is 0 Å². The normalized spacial score (nSPS) is 25.9. The molecule has 0 spiro atoms. The quantitative estimate of drug-likeness (QED) is 0.636. The first-order valence-corrected chi connectivity index (χ1v) is 5.63. The fraction of sp³-hybridized carbons (Fsp3) is 0.500. The van der Waals surface area contributed by atoms with Crippen molar-refractivity contribution in [3.8, 4) is 0 Å². The molecule has 0 radical (unpaired) electrons. The lowest BCUT2D eigenvalue weighted by atomic mass is 9.95. The van der Waals surface area contributed by atoms with Gasteiger partial charge in [-0.1, -0.05) is 6.42 Å². The smallest absolute Gasteiger partial charge is 0.129 e. The lowest BCUT2D eigenvalue weighted by Gasteiger charge is -2.15. The van der Waals surface area contributed by atoms with Gasteiger partial charge in [0.25, 0.3) is 0 Å². The third kappa shape index (κ3) is 2.00. The molecular weight excluding hydrogens is 218 g/mol. The molecule has 82 valence electrons. The topological polar surface area (TPSA) is 0 Å². The van der Waals surface area contributed by atoms with Crippen LogP contribution < -0.4 is 0 Å². The molecule has 1 saturated carbocycles.